The van der Waals surface area contributed by atoms with E-state index in [4.69, 9.17) is 29.9 Å². The first-order valence-electron chi connectivity index (χ1n) is 14.9. The Hall–Kier alpha value is -4.41. The first-order chi connectivity index (χ1) is 21.9. The van der Waals surface area contributed by atoms with Crippen LogP contribution in [-0.4, -0.2) is 74.4 Å². The molecular formula is C35H35NO8. The second-order valence-electron chi connectivity index (χ2n) is 10.7. The Balaban J connectivity index is 1.36. The molecule has 0 aliphatic carbocycles. The van der Waals surface area contributed by atoms with Crippen molar-refractivity contribution in [3.8, 4) is 17.2 Å². The van der Waals surface area contributed by atoms with E-state index in [2.05, 4.69) is 0 Å². The lowest BCUT2D eigenvalue weighted by atomic mass is 9.79. The summed E-state index contributed by atoms with van der Waals surface area (Å²) in [5.74, 6) is 1.42. The van der Waals surface area contributed by atoms with Crippen molar-refractivity contribution in [2.75, 3.05) is 40.6 Å². The van der Waals surface area contributed by atoms with Gasteiger partial charge in [0.25, 0.3) is 5.91 Å². The van der Waals surface area contributed by atoms with Crippen LogP contribution in [0, 0.1) is 0 Å². The van der Waals surface area contributed by atoms with E-state index in [0.29, 0.717) is 17.2 Å². The Morgan fingerprint density at radius 3 is 1.98 bits per heavy atom. The number of hydroxylamine groups is 2. The number of ether oxygens (including phenoxy) is 5. The van der Waals surface area contributed by atoms with Gasteiger partial charge in [0.1, 0.15) is 40.7 Å². The van der Waals surface area contributed by atoms with Gasteiger partial charge in [-0.15, -0.1) is 0 Å². The Kier molecular flexibility index (Phi) is 8.17. The van der Waals surface area contributed by atoms with Crippen LogP contribution < -0.4 is 14.2 Å². The molecule has 0 aromatic heterocycles. The summed E-state index contributed by atoms with van der Waals surface area (Å²) in [6.07, 6.45) is -2.34. The maximum atomic E-state index is 13.2. The van der Waals surface area contributed by atoms with Crippen molar-refractivity contribution in [2.45, 2.75) is 23.4 Å². The molecule has 9 heteroatoms. The van der Waals surface area contributed by atoms with Crippen LogP contribution in [0.2, 0.25) is 0 Å². The van der Waals surface area contributed by atoms with Crippen molar-refractivity contribution in [3.05, 3.63) is 126 Å². The van der Waals surface area contributed by atoms with E-state index >= 15 is 0 Å². The molecular weight excluding hydrogens is 562 g/mol. The molecule has 2 aliphatic heterocycles. The summed E-state index contributed by atoms with van der Waals surface area (Å²) in [4.78, 5) is 19.0. The first-order valence-corrected chi connectivity index (χ1v) is 14.3. The van der Waals surface area contributed by atoms with Crippen LogP contribution in [0.5, 0.6) is 17.2 Å². The van der Waals surface area contributed by atoms with Crippen molar-refractivity contribution in [2.24, 2.45) is 0 Å². The molecule has 2 aliphatic rings. The fraction of sp³-hybridized carbons (Fsp3) is 0.286. The molecule has 2 heterocycles. The largest absolute Gasteiger partial charge is 0.497 e. The number of fused-ring (bicyclic) bond motifs is 2. The highest BCUT2D eigenvalue weighted by molar-refractivity contribution is 5.77. The molecule has 44 heavy (non-hydrogen) atoms. The molecule has 1 N–H and O–H groups in total. The zero-order valence-electron chi connectivity index (χ0n) is 25.5. The average Bonchev–Trinajstić information content (AvgIpc) is 3.21. The first kappa shape index (κ1) is 28.4. The van der Waals surface area contributed by atoms with Crippen LogP contribution in [0.1, 0.15) is 18.1 Å². The normalized spacial score (nSPS) is 23.1. The van der Waals surface area contributed by atoms with E-state index in [9.17, 15) is 9.90 Å². The van der Waals surface area contributed by atoms with Crippen LogP contribution in [0.25, 0.3) is 0 Å². The zero-order chi connectivity index (χ0) is 31.4. The van der Waals surface area contributed by atoms with Gasteiger partial charge in [-0.2, -0.15) is 0 Å². The van der Waals surface area contributed by atoms with Crippen LogP contribution in [0.15, 0.2) is 109 Å². The summed E-state index contributed by atoms with van der Waals surface area (Å²) in [6.45, 7) is -1.89. The quantitative estimate of drug-likeness (QED) is 0.254. The molecule has 2 saturated heterocycles. The fourth-order valence-corrected chi connectivity index (χ4v) is 5.64. The molecule has 0 radical (unpaired) electrons. The topological polar surface area (TPSA) is 95.9 Å². The number of aliphatic hydroxyl groups is 1. The number of carbonyl (C=O) groups is 1. The van der Waals surface area contributed by atoms with Gasteiger partial charge in [-0.25, -0.2) is 5.06 Å². The smallest absolute Gasteiger partial charge is 0.284 e. The molecule has 0 spiro atoms. The second-order valence-corrected chi connectivity index (χ2v) is 10.7. The highest BCUT2D eigenvalue weighted by Crippen LogP contribution is 2.44. The molecule has 1 unspecified atom stereocenters. The van der Waals surface area contributed by atoms with E-state index < -0.39 is 35.9 Å². The van der Waals surface area contributed by atoms with Gasteiger partial charge in [0.2, 0.25) is 0 Å². The van der Waals surface area contributed by atoms with Crippen molar-refractivity contribution in [3.63, 3.8) is 0 Å². The lowest BCUT2D eigenvalue weighted by Gasteiger charge is -2.44. The van der Waals surface area contributed by atoms with Crippen LogP contribution >= 0.6 is 0 Å². The maximum absolute atomic E-state index is 13.2. The van der Waals surface area contributed by atoms with Crippen LogP contribution in [0.3, 0.4) is 0 Å². The van der Waals surface area contributed by atoms with Crippen molar-refractivity contribution >= 4 is 5.91 Å². The molecule has 4 aromatic rings. The summed E-state index contributed by atoms with van der Waals surface area (Å²) in [7, 11) is 3.21. The molecule has 2 bridgehead atoms. The Morgan fingerprint density at radius 1 is 0.864 bits per heavy atom. The van der Waals surface area contributed by atoms with Crippen molar-refractivity contribution < 1.29 is 39.8 Å². The number of benzene rings is 4. The van der Waals surface area contributed by atoms with E-state index in [1.54, 1.807) is 26.4 Å². The maximum Gasteiger partial charge on any atom is 0.284 e. The number of aliphatic hydroxyl groups excluding tert-OH is 1. The molecule has 0 saturated carbocycles. The van der Waals surface area contributed by atoms with Gasteiger partial charge in [0, 0.05) is 0 Å². The molecule has 9 nitrogen and oxygen atoms in total. The van der Waals surface area contributed by atoms with Crippen LogP contribution in [0.4, 0.5) is 0 Å². The minimum absolute atomic E-state index is 0.173. The summed E-state index contributed by atoms with van der Waals surface area (Å²) in [5, 5.41) is 12.5. The molecule has 228 valence electrons. The lowest BCUT2D eigenvalue weighted by molar-refractivity contribution is -0.263. The SMILES string of the molecule is [3H][C@@H]1O[C@]2(COC(c3ccccc3)(c3ccc(OC)cc3)c3ccc(OC)cc3)CN(C(=O)COc3ccccc3)O[C@H]1C2O. The molecule has 4 aromatic carbocycles. The Morgan fingerprint density at radius 2 is 1.41 bits per heavy atom. The lowest BCUT2D eigenvalue weighted by Crippen LogP contribution is -2.62. The summed E-state index contributed by atoms with van der Waals surface area (Å²) in [6, 6.07) is 33.8. The van der Waals surface area contributed by atoms with Gasteiger partial charge in [-0.05, 0) is 53.1 Å². The number of nitrogens with zero attached hydrogens (tertiary/aromatic N) is 1. The standard InChI is InChI=1S/C35H35NO8/c1-39-28-17-13-26(14-18-28)35(25-9-5-3-6-10-25,27-15-19-29(40-2)20-16-27)43-24-34-23-36(44-31(21-42-34)33(34)38)32(37)22-41-30-11-7-4-8-12-30/h3-20,31,33,38H,21-24H2,1-2H3/t31-,33?,34+/m1/s1/i21T/t21-,31+,33?,34-/m0. The summed E-state index contributed by atoms with van der Waals surface area (Å²) in [5.41, 5.74) is -0.259. The fourth-order valence-electron chi connectivity index (χ4n) is 5.64. The van der Waals surface area contributed by atoms with Gasteiger partial charge in [0.15, 0.2) is 6.61 Å². The minimum atomic E-state index is -1.46. The van der Waals surface area contributed by atoms with E-state index in [1.807, 2.05) is 97.1 Å². The van der Waals surface area contributed by atoms with E-state index in [0.717, 1.165) is 21.8 Å². The van der Waals surface area contributed by atoms with Crippen molar-refractivity contribution in [1.29, 1.82) is 0 Å². The van der Waals surface area contributed by atoms with Gasteiger partial charge in [-0.1, -0.05) is 72.8 Å². The van der Waals surface area contributed by atoms with Crippen molar-refractivity contribution in [1.82, 2.24) is 5.06 Å². The molecule has 6 rings (SSSR count). The minimum Gasteiger partial charge on any atom is -0.497 e. The highest BCUT2D eigenvalue weighted by atomic mass is 16.7. The Bertz CT molecular complexity index is 1520. The third-order valence-electron chi connectivity index (χ3n) is 8.04. The predicted molar refractivity (Wildman–Crippen MR) is 161 cm³/mol. The zero-order valence-corrected chi connectivity index (χ0v) is 24.5. The van der Waals surface area contributed by atoms with Gasteiger partial charge in [-0.3, -0.25) is 9.63 Å². The molecule has 4 atom stereocenters. The number of carbonyl (C=O) groups excluding carboxylic acids is 1. The second kappa shape index (κ2) is 12.7. The number of hydrogen-bond donors (Lipinski definition) is 1. The third-order valence-corrected chi connectivity index (χ3v) is 8.04. The summed E-state index contributed by atoms with van der Waals surface area (Å²) >= 11 is 0. The van der Waals surface area contributed by atoms with Gasteiger partial charge < -0.3 is 28.8 Å². The monoisotopic (exact) mass is 599 g/mol. The molecule has 2 fully saturated rings. The molecule has 1 amide bonds. The number of para-hydroxylation sites is 1. The Labute approximate surface area is 257 Å². The predicted octanol–water partition coefficient (Wildman–Crippen LogP) is 4.36. The number of rotatable bonds is 11. The van der Waals surface area contributed by atoms with Gasteiger partial charge >= 0.3 is 0 Å². The van der Waals surface area contributed by atoms with E-state index in [1.165, 1.54) is 0 Å². The number of methoxy groups -OCH3 is 2. The van der Waals surface area contributed by atoms with E-state index in [-0.39, 0.29) is 19.8 Å². The average molecular weight is 600 g/mol. The van der Waals surface area contributed by atoms with Crippen LogP contribution in [-0.2, 0) is 24.7 Å². The van der Waals surface area contributed by atoms with Gasteiger partial charge in [0.05, 0.1) is 35.3 Å². The number of hydrogen-bond acceptors (Lipinski definition) is 8. The number of amides is 1. The third kappa shape index (κ3) is 5.62. The summed E-state index contributed by atoms with van der Waals surface area (Å²) < 4.78 is 38.1. The highest BCUT2D eigenvalue weighted by Gasteiger charge is 2.58.